The molecule has 1 N–H and O–H groups in total. The zero-order chi connectivity index (χ0) is 31.2. The van der Waals surface area contributed by atoms with Crippen molar-refractivity contribution in [2.45, 2.75) is 50.5 Å². The average molecular weight is 634 g/mol. The molecule has 0 saturated carbocycles. The highest BCUT2D eigenvalue weighted by Gasteiger charge is 2.41. The molecule has 1 amide bonds. The molecule has 5 nitrogen and oxygen atoms in total. The number of alkyl halides is 6. The van der Waals surface area contributed by atoms with Gasteiger partial charge in [0.05, 0.1) is 51.1 Å². The van der Waals surface area contributed by atoms with Crippen LogP contribution in [0, 0.1) is 0 Å². The van der Waals surface area contributed by atoms with E-state index in [1.165, 1.54) is 27.1 Å². The highest BCUT2D eigenvalue weighted by molar-refractivity contribution is 6.42. The molecule has 1 fully saturated rings. The molecule has 0 bridgehead atoms. The molecule has 1 aliphatic heterocycles. The normalized spacial score (nSPS) is 16.2. The van der Waals surface area contributed by atoms with Gasteiger partial charge in [-0.25, -0.2) is 4.98 Å². The Labute approximate surface area is 248 Å². The first-order valence-corrected chi connectivity index (χ1v) is 13.6. The summed E-state index contributed by atoms with van der Waals surface area (Å²) in [5.41, 5.74) is -4.05. The summed E-state index contributed by atoms with van der Waals surface area (Å²) in [5, 5.41) is 10.3. The quantitative estimate of drug-likeness (QED) is 0.280. The molecule has 1 aromatic heterocycles. The van der Waals surface area contributed by atoms with Crippen LogP contribution in [0.15, 0.2) is 48.7 Å². The number of aromatic nitrogens is 1. The summed E-state index contributed by atoms with van der Waals surface area (Å²) in [7, 11) is 1.37. The first-order valence-electron chi connectivity index (χ1n) is 12.9. The van der Waals surface area contributed by atoms with Gasteiger partial charge in [0, 0.05) is 19.2 Å². The van der Waals surface area contributed by atoms with E-state index < -0.39 is 40.4 Å². The van der Waals surface area contributed by atoms with Crippen LogP contribution in [0.2, 0.25) is 10.0 Å². The minimum Gasteiger partial charge on any atom is -0.394 e. The van der Waals surface area contributed by atoms with Gasteiger partial charge in [0.2, 0.25) is 5.91 Å². The van der Waals surface area contributed by atoms with Crippen LogP contribution >= 0.6 is 23.2 Å². The van der Waals surface area contributed by atoms with E-state index in [1.54, 1.807) is 24.3 Å². The maximum Gasteiger partial charge on any atom is 0.416 e. The number of benzene rings is 2. The molecule has 2 heterocycles. The van der Waals surface area contributed by atoms with Gasteiger partial charge in [-0.05, 0) is 74.2 Å². The molecule has 13 heteroatoms. The molecule has 0 aliphatic carbocycles. The minimum atomic E-state index is -5.07. The Kier molecular flexibility index (Phi) is 8.79. The lowest BCUT2D eigenvalue weighted by atomic mass is 9.81. The molecule has 3 aromatic rings. The SMILES string of the molecule is CN(C(=O)C(C)(C)c1cc(C(F)(F)F)cc(C(F)(F)F)c1)c1cnc(N2CCCC2CO)cc1-c1ccc(Cl)c(Cl)c1. The van der Waals surface area contributed by atoms with E-state index in [9.17, 15) is 36.2 Å². The number of aliphatic hydroxyl groups is 1. The third-order valence-electron chi connectivity index (χ3n) is 7.49. The topological polar surface area (TPSA) is 56.7 Å². The van der Waals surface area contributed by atoms with Crippen molar-refractivity contribution in [3.63, 3.8) is 0 Å². The first kappa shape index (κ1) is 31.9. The van der Waals surface area contributed by atoms with Gasteiger partial charge in [0.15, 0.2) is 0 Å². The van der Waals surface area contributed by atoms with E-state index in [1.807, 2.05) is 4.90 Å². The summed E-state index contributed by atoms with van der Waals surface area (Å²) < 4.78 is 81.4. The number of carbonyl (C=O) groups is 1. The zero-order valence-corrected chi connectivity index (χ0v) is 24.3. The Morgan fingerprint density at radius 1 is 0.976 bits per heavy atom. The van der Waals surface area contributed by atoms with Crippen molar-refractivity contribution in [3.05, 3.63) is 75.4 Å². The Morgan fingerprint density at radius 3 is 2.12 bits per heavy atom. The van der Waals surface area contributed by atoms with Crippen LogP contribution in [0.25, 0.3) is 11.1 Å². The number of halogens is 8. The van der Waals surface area contributed by atoms with Crippen LogP contribution in [0.3, 0.4) is 0 Å². The molecular formula is C29H27Cl2F6N3O2. The molecule has 2 aromatic carbocycles. The predicted octanol–water partition coefficient (Wildman–Crippen LogP) is 7.99. The lowest BCUT2D eigenvalue weighted by Gasteiger charge is -2.32. The first-order chi connectivity index (χ1) is 19.4. The molecule has 42 heavy (non-hydrogen) atoms. The number of pyridine rings is 1. The Hall–Kier alpha value is -3.02. The summed E-state index contributed by atoms with van der Waals surface area (Å²) in [6.07, 6.45) is -7.14. The fraction of sp³-hybridized carbons (Fsp3) is 0.379. The van der Waals surface area contributed by atoms with E-state index in [-0.39, 0.29) is 34.4 Å². The van der Waals surface area contributed by atoms with E-state index >= 15 is 0 Å². The Bertz CT molecular complexity index is 1460. The van der Waals surface area contributed by atoms with E-state index in [4.69, 9.17) is 23.2 Å². The van der Waals surface area contributed by atoms with Gasteiger partial charge >= 0.3 is 12.4 Å². The van der Waals surface area contributed by atoms with Gasteiger partial charge in [-0.3, -0.25) is 4.79 Å². The minimum absolute atomic E-state index is 0.0246. The zero-order valence-electron chi connectivity index (χ0n) is 22.7. The Morgan fingerprint density at radius 2 is 1.57 bits per heavy atom. The van der Waals surface area contributed by atoms with Crippen molar-refractivity contribution in [1.29, 1.82) is 0 Å². The van der Waals surface area contributed by atoms with Crippen LogP contribution in [-0.2, 0) is 22.6 Å². The molecule has 226 valence electrons. The Balaban J connectivity index is 1.82. The number of carbonyl (C=O) groups excluding carboxylic acids is 1. The predicted molar refractivity (Wildman–Crippen MR) is 150 cm³/mol. The lowest BCUT2D eigenvalue weighted by Crippen LogP contribution is -2.42. The number of aliphatic hydroxyl groups excluding tert-OH is 1. The number of amides is 1. The van der Waals surface area contributed by atoms with E-state index in [0.29, 0.717) is 35.6 Å². The maximum atomic E-state index is 13.9. The molecule has 1 aliphatic rings. The summed E-state index contributed by atoms with van der Waals surface area (Å²) in [4.78, 5) is 21.5. The van der Waals surface area contributed by atoms with Crippen LogP contribution in [-0.4, -0.2) is 42.2 Å². The number of hydrogen-bond acceptors (Lipinski definition) is 4. The molecular weight excluding hydrogens is 607 g/mol. The van der Waals surface area contributed by atoms with Crippen LogP contribution < -0.4 is 9.80 Å². The average Bonchev–Trinajstić information content (AvgIpc) is 3.41. The van der Waals surface area contributed by atoms with Gasteiger partial charge in [0.25, 0.3) is 0 Å². The van der Waals surface area contributed by atoms with E-state index in [2.05, 4.69) is 4.98 Å². The number of hydrogen-bond donors (Lipinski definition) is 1. The molecule has 0 radical (unpaired) electrons. The van der Waals surface area contributed by atoms with Crippen molar-refractivity contribution >= 4 is 40.6 Å². The summed E-state index contributed by atoms with van der Waals surface area (Å²) in [6.45, 7) is 3.07. The molecule has 1 saturated heterocycles. The van der Waals surface area contributed by atoms with E-state index in [0.717, 1.165) is 17.7 Å². The molecule has 0 spiro atoms. The van der Waals surface area contributed by atoms with Gasteiger partial charge in [-0.1, -0.05) is 29.3 Å². The third kappa shape index (κ3) is 6.33. The van der Waals surface area contributed by atoms with Crippen LogP contribution in [0.1, 0.15) is 43.4 Å². The molecule has 4 rings (SSSR count). The van der Waals surface area contributed by atoms with Crippen molar-refractivity contribution in [2.24, 2.45) is 0 Å². The second-order valence-electron chi connectivity index (χ2n) is 10.6. The monoisotopic (exact) mass is 633 g/mol. The standard InChI is InChI=1S/C29H27Cl2F6N3O2/c1-27(2,17-10-18(28(32,33)34)12-19(11-17)29(35,36)37)26(42)39(3)24-14-38-25(40-8-4-5-20(40)15-41)13-21(24)16-6-7-22(30)23(31)9-16/h6-7,9-14,20,41H,4-5,8,15H2,1-3H3. The largest absolute Gasteiger partial charge is 0.416 e. The van der Waals surface area contributed by atoms with Gasteiger partial charge in [-0.2, -0.15) is 26.3 Å². The smallest absolute Gasteiger partial charge is 0.394 e. The van der Waals surface area contributed by atoms with Gasteiger partial charge < -0.3 is 14.9 Å². The summed E-state index contributed by atoms with van der Waals surface area (Å²) in [6, 6.07) is 7.48. The van der Waals surface area contributed by atoms with Crippen molar-refractivity contribution in [2.75, 3.05) is 30.0 Å². The van der Waals surface area contributed by atoms with Gasteiger partial charge in [-0.15, -0.1) is 0 Å². The van der Waals surface area contributed by atoms with Crippen LogP contribution in [0.4, 0.5) is 37.8 Å². The van der Waals surface area contributed by atoms with Crippen molar-refractivity contribution in [1.82, 2.24) is 4.98 Å². The number of anilines is 2. The second-order valence-corrected chi connectivity index (χ2v) is 11.5. The fourth-order valence-electron chi connectivity index (χ4n) is 5.05. The number of rotatable bonds is 6. The summed E-state index contributed by atoms with van der Waals surface area (Å²) >= 11 is 12.4. The van der Waals surface area contributed by atoms with Crippen LogP contribution in [0.5, 0.6) is 0 Å². The third-order valence-corrected chi connectivity index (χ3v) is 8.23. The molecule has 1 atom stereocenters. The highest BCUT2D eigenvalue weighted by Crippen LogP contribution is 2.42. The van der Waals surface area contributed by atoms with Gasteiger partial charge in [0.1, 0.15) is 5.82 Å². The van der Waals surface area contributed by atoms with Crippen molar-refractivity contribution in [3.8, 4) is 11.1 Å². The number of nitrogens with zero attached hydrogens (tertiary/aromatic N) is 3. The highest BCUT2D eigenvalue weighted by atomic mass is 35.5. The maximum absolute atomic E-state index is 13.9. The molecule has 1 unspecified atom stereocenters. The lowest BCUT2D eigenvalue weighted by molar-refractivity contribution is -0.143. The number of likely N-dealkylation sites (N-methyl/N-ethyl adjacent to an activating group) is 1. The van der Waals surface area contributed by atoms with Crippen molar-refractivity contribution < 1.29 is 36.2 Å². The second kappa shape index (κ2) is 11.6. The summed E-state index contributed by atoms with van der Waals surface area (Å²) in [5.74, 6) is -0.260. The fourth-order valence-corrected chi connectivity index (χ4v) is 5.35.